The van der Waals surface area contributed by atoms with Gasteiger partial charge in [-0.05, 0) is 30.6 Å². The fraction of sp³-hybridized carbons (Fsp3) is 0.923. The highest BCUT2D eigenvalue weighted by Crippen LogP contribution is 2.30. The van der Waals surface area contributed by atoms with E-state index in [1.807, 2.05) is 0 Å². The minimum atomic E-state index is -0.336. The molecule has 0 spiro atoms. The normalized spacial score (nSPS) is 27.1. The number of carbonyl (C=O) groups excluding carboxylic acids is 1. The van der Waals surface area contributed by atoms with Gasteiger partial charge in [-0.1, -0.05) is 33.6 Å². The van der Waals surface area contributed by atoms with Gasteiger partial charge < -0.3 is 11.1 Å². The van der Waals surface area contributed by atoms with Crippen molar-refractivity contribution in [2.45, 2.75) is 52.5 Å². The zero-order valence-electron chi connectivity index (χ0n) is 10.8. The van der Waals surface area contributed by atoms with E-state index in [0.717, 1.165) is 18.9 Å². The van der Waals surface area contributed by atoms with Crippen LogP contribution in [-0.4, -0.2) is 18.5 Å². The molecule has 0 bridgehead atoms. The van der Waals surface area contributed by atoms with Gasteiger partial charge in [0.15, 0.2) is 0 Å². The van der Waals surface area contributed by atoms with Crippen molar-refractivity contribution in [2.75, 3.05) is 6.54 Å². The molecule has 0 radical (unpaired) electrons. The third-order valence-electron chi connectivity index (χ3n) is 3.64. The quantitative estimate of drug-likeness (QED) is 0.752. The fourth-order valence-electron chi connectivity index (χ4n) is 2.50. The summed E-state index contributed by atoms with van der Waals surface area (Å²) in [7, 11) is 0. The Morgan fingerprint density at radius 2 is 2.12 bits per heavy atom. The smallest absolute Gasteiger partial charge is 0.236 e. The lowest BCUT2D eigenvalue weighted by atomic mass is 9.98. The molecule has 1 amide bonds. The molecule has 3 heteroatoms. The van der Waals surface area contributed by atoms with Gasteiger partial charge in [0.25, 0.3) is 0 Å². The van der Waals surface area contributed by atoms with Crippen LogP contribution in [0.3, 0.4) is 0 Å². The summed E-state index contributed by atoms with van der Waals surface area (Å²) < 4.78 is 0. The maximum Gasteiger partial charge on any atom is 0.236 e. The first-order valence-corrected chi connectivity index (χ1v) is 6.54. The Bertz CT molecular complexity index is 228. The number of hydrogen-bond acceptors (Lipinski definition) is 2. The van der Waals surface area contributed by atoms with Crippen LogP contribution in [0.2, 0.25) is 0 Å². The van der Waals surface area contributed by atoms with Crippen LogP contribution in [0, 0.1) is 17.8 Å². The van der Waals surface area contributed by atoms with E-state index in [4.69, 9.17) is 5.73 Å². The summed E-state index contributed by atoms with van der Waals surface area (Å²) in [6.45, 7) is 7.27. The standard InChI is InChI=1S/C13H26N2O/c1-9(2)7-12(14)13(16)15-8-11-6-4-5-10(11)3/h9-12H,4-8,14H2,1-3H3,(H,15,16)/t10?,11?,12-/m1/s1. The second-order valence-corrected chi connectivity index (χ2v) is 5.65. The molecule has 0 aromatic heterocycles. The Balaban J connectivity index is 2.23. The molecule has 1 rings (SSSR count). The first-order chi connectivity index (χ1) is 7.50. The lowest BCUT2D eigenvalue weighted by Crippen LogP contribution is -2.43. The van der Waals surface area contributed by atoms with Gasteiger partial charge in [-0.15, -0.1) is 0 Å². The highest BCUT2D eigenvalue weighted by Gasteiger charge is 2.24. The van der Waals surface area contributed by atoms with Crippen molar-refractivity contribution >= 4 is 5.91 Å². The summed E-state index contributed by atoms with van der Waals surface area (Å²) in [4.78, 5) is 11.7. The van der Waals surface area contributed by atoms with E-state index >= 15 is 0 Å². The molecular formula is C13H26N2O. The molecule has 1 saturated carbocycles. The van der Waals surface area contributed by atoms with Crippen LogP contribution in [0.15, 0.2) is 0 Å². The second kappa shape index (κ2) is 6.24. The average molecular weight is 226 g/mol. The monoisotopic (exact) mass is 226 g/mol. The van der Waals surface area contributed by atoms with Gasteiger partial charge in [-0.2, -0.15) is 0 Å². The van der Waals surface area contributed by atoms with E-state index < -0.39 is 0 Å². The third-order valence-corrected chi connectivity index (χ3v) is 3.64. The van der Waals surface area contributed by atoms with E-state index in [1.54, 1.807) is 0 Å². The number of nitrogens with one attached hydrogen (secondary N) is 1. The predicted molar refractivity (Wildman–Crippen MR) is 66.9 cm³/mol. The molecule has 0 aliphatic heterocycles. The highest BCUT2D eigenvalue weighted by atomic mass is 16.2. The lowest BCUT2D eigenvalue weighted by molar-refractivity contribution is -0.122. The molecule has 3 atom stereocenters. The van der Waals surface area contributed by atoms with Gasteiger partial charge >= 0.3 is 0 Å². The zero-order chi connectivity index (χ0) is 12.1. The number of rotatable bonds is 5. The molecule has 0 saturated heterocycles. The molecule has 0 aromatic rings. The van der Waals surface area contributed by atoms with Crippen molar-refractivity contribution in [3.05, 3.63) is 0 Å². The van der Waals surface area contributed by atoms with E-state index in [2.05, 4.69) is 26.1 Å². The van der Waals surface area contributed by atoms with Gasteiger partial charge in [-0.25, -0.2) is 0 Å². The Morgan fingerprint density at radius 3 is 2.62 bits per heavy atom. The molecular weight excluding hydrogens is 200 g/mol. The molecule has 3 N–H and O–H groups in total. The van der Waals surface area contributed by atoms with Crippen molar-refractivity contribution < 1.29 is 4.79 Å². The molecule has 2 unspecified atom stereocenters. The average Bonchev–Trinajstić information content (AvgIpc) is 2.59. The Kier molecular flexibility index (Phi) is 5.26. The Morgan fingerprint density at radius 1 is 1.44 bits per heavy atom. The topological polar surface area (TPSA) is 55.1 Å². The van der Waals surface area contributed by atoms with Gasteiger partial charge in [-0.3, -0.25) is 4.79 Å². The Hall–Kier alpha value is -0.570. The predicted octanol–water partition coefficient (Wildman–Crippen LogP) is 1.91. The Labute approximate surface area is 99.2 Å². The summed E-state index contributed by atoms with van der Waals surface area (Å²) >= 11 is 0. The second-order valence-electron chi connectivity index (χ2n) is 5.65. The first kappa shape index (κ1) is 13.5. The van der Waals surface area contributed by atoms with Gasteiger partial charge in [0.2, 0.25) is 5.91 Å². The molecule has 0 aromatic carbocycles. The highest BCUT2D eigenvalue weighted by molar-refractivity contribution is 5.81. The summed E-state index contributed by atoms with van der Waals surface area (Å²) in [5, 5.41) is 3.00. The van der Waals surface area contributed by atoms with Gasteiger partial charge in [0.1, 0.15) is 0 Å². The number of hydrogen-bond donors (Lipinski definition) is 2. The van der Waals surface area contributed by atoms with Crippen LogP contribution in [0.5, 0.6) is 0 Å². The maximum absolute atomic E-state index is 11.7. The van der Waals surface area contributed by atoms with Crippen LogP contribution in [0.1, 0.15) is 46.5 Å². The first-order valence-electron chi connectivity index (χ1n) is 6.54. The maximum atomic E-state index is 11.7. The van der Waals surface area contributed by atoms with E-state index in [-0.39, 0.29) is 11.9 Å². The molecule has 1 aliphatic rings. The van der Waals surface area contributed by atoms with Crippen LogP contribution in [-0.2, 0) is 4.79 Å². The largest absolute Gasteiger partial charge is 0.354 e. The number of nitrogens with two attached hydrogens (primary N) is 1. The van der Waals surface area contributed by atoms with E-state index in [9.17, 15) is 4.79 Å². The van der Waals surface area contributed by atoms with Crippen molar-refractivity contribution in [3.8, 4) is 0 Å². The molecule has 0 heterocycles. The fourth-order valence-corrected chi connectivity index (χ4v) is 2.50. The minimum Gasteiger partial charge on any atom is -0.354 e. The van der Waals surface area contributed by atoms with E-state index in [1.165, 1.54) is 19.3 Å². The summed E-state index contributed by atoms with van der Waals surface area (Å²) in [6.07, 6.45) is 4.63. The number of carbonyl (C=O) groups is 1. The van der Waals surface area contributed by atoms with Gasteiger partial charge in [0, 0.05) is 6.54 Å². The van der Waals surface area contributed by atoms with Crippen molar-refractivity contribution in [1.82, 2.24) is 5.32 Å². The van der Waals surface area contributed by atoms with Crippen LogP contribution in [0.25, 0.3) is 0 Å². The summed E-state index contributed by atoms with van der Waals surface area (Å²) in [6, 6.07) is -0.336. The van der Waals surface area contributed by atoms with Crippen LogP contribution in [0.4, 0.5) is 0 Å². The van der Waals surface area contributed by atoms with E-state index in [0.29, 0.717) is 11.8 Å². The minimum absolute atomic E-state index is 0.0211. The van der Waals surface area contributed by atoms with Gasteiger partial charge in [0.05, 0.1) is 6.04 Å². The molecule has 94 valence electrons. The molecule has 1 fully saturated rings. The van der Waals surface area contributed by atoms with Crippen molar-refractivity contribution in [2.24, 2.45) is 23.5 Å². The van der Waals surface area contributed by atoms with Crippen LogP contribution < -0.4 is 11.1 Å². The lowest BCUT2D eigenvalue weighted by Gasteiger charge is -2.18. The van der Waals surface area contributed by atoms with Crippen molar-refractivity contribution in [1.29, 1.82) is 0 Å². The molecule has 1 aliphatic carbocycles. The molecule has 3 nitrogen and oxygen atoms in total. The number of amides is 1. The van der Waals surface area contributed by atoms with Crippen LogP contribution >= 0.6 is 0 Å². The zero-order valence-corrected chi connectivity index (χ0v) is 10.8. The molecule has 16 heavy (non-hydrogen) atoms. The SMILES string of the molecule is CC(C)C[C@@H](N)C(=O)NCC1CCCC1C. The van der Waals surface area contributed by atoms with Crippen molar-refractivity contribution in [3.63, 3.8) is 0 Å². The third kappa shape index (κ3) is 4.12. The summed E-state index contributed by atoms with van der Waals surface area (Å²) in [5.74, 6) is 1.91. The summed E-state index contributed by atoms with van der Waals surface area (Å²) in [5.41, 5.74) is 5.83.